The lowest BCUT2D eigenvalue weighted by Crippen LogP contribution is -2.15. The van der Waals surface area contributed by atoms with Gasteiger partial charge in [-0.05, 0) is 18.1 Å². The van der Waals surface area contributed by atoms with E-state index in [0.717, 1.165) is 0 Å². The fraction of sp³-hybridized carbons (Fsp3) is 0.800. The van der Waals surface area contributed by atoms with Crippen LogP contribution in [0.3, 0.4) is 0 Å². The van der Waals surface area contributed by atoms with Gasteiger partial charge in [0.15, 0.2) is 5.17 Å². The molecule has 0 N–H and O–H groups in total. The second-order valence-electron chi connectivity index (χ2n) is 2.13. The molecule has 0 bridgehead atoms. The standard InChI is InChI=1S/C5H13N2OPS3/c1-7(2)5(10)6-9(11,8-3)12-4/h1-4H3,(H,6,10,11). The molecule has 1 unspecified atom stereocenters. The summed E-state index contributed by atoms with van der Waals surface area (Å²) >= 11 is 10.8. The largest absolute Gasteiger partial charge is 0.357 e. The van der Waals surface area contributed by atoms with Crippen molar-refractivity contribution in [3.05, 3.63) is 0 Å². The van der Waals surface area contributed by atoms with Gasteiger partial charge in [-0.3, -0.25) is 0 Å². The number of hydrogen-bond acceptors (Lipinski definition) is 3. The monoisotopic (exact) mass is 244 g/mol. The predicted octanol–water partition coefficient (Wildman–Crippen LogP) is 2.07. The van der Waals surface area contributed by atoms with Crippen molar-refractivity contribution in [1.82, 2.24) is 4.90 Å². The van der Waals surface area contributed by atoms with Crippen molar-refractivity contribution in [3.8, 4) is 0 Å². The first-order valence-corrected chi connectivity index (χ1v) is 8.08. The summed E-state index contributed by atoms with van der Waals surface area (Å²) in [4.78, 5) is 1.79. The lowest BCUT2D eigenvalue weighted by atomic mass is 10.9. The smallest absolute Gasteiger partial charge is 0.233 e. The lowest BCUT2D eigenvalue weighted by molar-refractivity contribution is 0.470. The van der Waals surface area contributed by atoms with Crippen LogP contribution >= 0.6 is 29.6 Å². The Hall–Kier alpha value is 0.780. The van der Waals surface area contributed by atoms with Gasteiger partial charge in [0.2, 0.25) is 5.62 Å². The molecule has 12 heavy (non-hydrogen) atoms. The molecule has 0 aromatic heterocycles. The normalized spacial score (nSPS) is 17.2. The van der Waals surface area contributed by atoms with Crippen LogP contribution in [0.1, 0.15) is 0 Å². The lowest BCUT2D eigenvalue weighted by Gasteiger charge is -2.16. The van der Waals surface area contributed by atoms with Gasteiger partial charge in [0.25, 0.3) is 0 Å². The summed E-state index contributed by atoms with van der Waals surface area (Å²) < 4.78 is 9.35. The van der Waals surface area contributed by atoms with Gasteiger partial charge in [-0.25, -0.2) is 0 Å². The fourth-order valence-corrected chi connectivity index (χ4v) is 2.96. The minimum atomic E-state index is -2.07. The molecule has 0 aromatic rings. The van der Waals surface area contributed by atoms with Gasteiger partial charge in [0, 0.05) is 21.2 Å². The molecule has 72 valence electrons. The molecule has 0 aliphatic rings. The van der Waals surface area contributed by atoms with Crippen molar-refractivity contribution in [2.45, 2.75) is 0 Å². The molecule has 0 saturated heterocycles. The molecule has 0 aromatic carbocycles. The highest BCUT2D eigenvalue weighted by molar-refractivity contribution is 8.68. The summed E-state index contributed by atoms with van der Waals surface area (Å²) in [6, 6.07) is 0. The number of thiol groups is 1. The SMILES string of the molecule is COP(=S)(/N=C(\S)N(C)C)SC. The van der Waals surface area contributed by atoms with E-state index in [2.05, 4.69) is 17.4 Å². The van der Waals surface area contributed by atoms with Gasteiger partial charge < -0.3 is 9.42 Å². The summed E-state index contributed by atoms with van der Waals surface area (Å²) in [5.74, 6) is 0. The van der Waals surface area contributed by atoms with Gasteiger partial charge in [-0.1, -0.05) is 11.4 Å². The highest BCUT2D eigenvalue weighted by Crippen LogP contribution is 2.59. The van der Waals surface area contributed by atoms with Crippen LogP contribution in [0.5, 0.6) is 0 Å². The van der Waals surface area contributed by atoms with Crippen LogP contribution in [-0.4, -0.2) is 37.5 Å². The van der Waals surface area contributed by atoms with Crippen molar-refractivity contribution in [1.29, 1.82) is 0 Å². The highest BCUT2D eigenvalue weighted by atomic mass is 32.9. The molecular weight excluding hydrogens is 231 g/mol. The quantitative estimate of drug-likeness (QED) is 0.355. The number of hydrogen-bond donors (Lipinski definition) is 1. The van der Waals surface area contributed by atoms with Crippen LogP contribution in [0.15, 0.2) is 4.76 Å². The maximum absolute atomic E-state index is 5.19. The number of nitrogens with zero attached hydrogens (tertiary/aromatic N) is 2. The molecule has 7 heteroatoms. The molecule has 0 saturated carbocycles. The fourth-order valence-electron chi connectivity index (χ4n) is 0.355. The molecule has 0 aliphatic heterocycles. The molecule has 3 nitrogen and oxygen atoms in total. The van der Waals surface area contributed by atoms with Gasteiger partial charge in [-0.15, -0.1) is 12.6 Å². The third kappa shape index (κ3) is 4.14. The van der Waals surface area contributed by atoms with E-state index in [-0.39, 0.29) is 0 Å². The second-order valence-corrected chi connectivity index (χ2v) is 9.15. The van der Waals surface area contributed by atoms with Crippen molar-refractivity contribution in [2.75, 3.05) is 27.5 Å². The molecule has 1 atom stereocenters. The third-order valence-electron chi connectivity index (χ3n) is 1.07. The van der Waals surface area contributed by atoms with Crippen LogP contribution in [0.4, 0.5) is 0 Å². The number of rotatable bonds is 3. The van der Waals surface area contributed by atoms with E-state index in [1.165, 1.54) is 11.4 Å². The summed E-state index contributed by atoms with van der Waals surface area (Å²) in [5, 5.41) is 0.606. The van der Waals surface area contributed by atoms with E-state index in [0.29, 0.717) is 5.17 Å². The van der Waals surface area contributed by atoms with E-state index in [1.807, 2.05) is 20.4 Å². The molecule has 0 amide bonds. The Balaban J connectivity index is 4.58. The first kappa shape index (κ1) is 12.8. The van der Waals surface area contributed by atoms with Crippen LogP contribution in [0.2, 0.25) is 0 Å². The van der Waals surface area contributed by atoms with Gasteiger partial charge >= 0.3 is 0 Å². The zero-order valence-electron chi connectivity index (χ0n) is 7.51. The van der Waals surface area contributed by atoms with Crippen LogP contribution in [-0.2, 0) is 16.3 Å². The maximum Gasteiger partial charge on any atom is 0.233 e. The van der Waals surface area contributed by atoms with Crippen molar-refractivity contribution >= 4 is 46.6 Å². The van der Waals surface area contributed by atoms with Crippen LogP contribution < -0.4 is 0 Å². The minimum absolute atomic E-state index is 0.606. The molecule has 0 spiro atoms. The van der Waals surface area contributed by atoms with E-state index in [4.69, 9.17) is 16.3 Å². The van der Waals surface area contributed by atoms with Crippen LogP contribution in [0.25, 0.3) is 0 Å². The Labute approximate surface area is 88.3 Å². The zero-order chi connectivity index (χ0) is 9.78. The molecule has 0 radical (unpaired) electrons. The Kier molecular flexibility index (Phi) is 5.85. The Bertz CT molecular complexity index is 211. The average Bonchev–Trinajstić information content (AvgIpc) is 2.04. The van der Waals surface area contributed by atoms with Gasteiger partial charge in [-0.2, -0.15) is 4.76 Å². The molecule has 0 aliphatic carbocycles. The van der Waals surface area contributed by atoms with E-state index in [1.54, 1.807) is 12.0 Å². The van der Waals surface area contributed by atoms with Gasteiger partial charge in [0.1, 0.15) is 0 Å². The second kappa shape index (κ2) is 5.50. The van der Waals surface area contributed by atoms with Gasteiger partial charge in [0.05, 0.1) is 0 Å². The third-order valence-corrected chi connectivity index (χ3v) is 7.20. The van der Waals surface area contributed by atoms with Crippen LogP contribution in [0, 0.1) is 0 Å². The maximum atomic E-state index is 5.19. The van der Waals surface area contributed by atoms with E-state index < -0.39 is 5.62 Å². The van der Waals surface area contributed by atoms with Crippen molar-refractivity contribution in [2.24, 2.45) is 4.76 Å². The van der Waals surface area contributed by atoms with E-state index in [9.17, 15) is 0 Å². The summed E-state index contributed by atoms with van der Waals surface area (Å²) in [7, 11) is 5.31. The predicted molar refractivity (Wildman–Crippen MR) is 64.9 cm³/mol. The zero-order valence-corrected chi connectivity index (χ0v) is 10.9. The first-order valence-electron chi connectivity index (χ1n) is 3.13. The molecule has 0 fully saturated rings. The summed E-state index contributed by atoms with van der Waals surface area (Å²) in [5.41, 5.74) is -2.07. The molecular formula is C5H13N2OPS3. The highest BCUT2D eigenvalue weighted by Gasteiger charge is 2.13. The molecule has 0 rings (SSSR count). The average molecular weight is 244 g/mol. The van der Waals surface area contributed by atoms with E-state index >= 15 is 0 Å². The molecule has 0 heterocycles. The Morgan fingerprint density at radius 3 is 2.42 bits per heavy atom. The summed E-state index contributed by atoms with van der Waals surface area (Å²) in [6.07, 6.45) is 1.89. The first-order chi connectivity index (χ1) is 5.45. The Morgan fingerprint density at radius 1 is 1.67 bits per heavy atom. The Morgan fingerprint density at radius 2 is 2.17 bits per heavy atom. The van der Waals surface area contributed by atoms with Crippen molar-refractivity contribution in [3.63, 3.8) is 0 Å². The van der Waals surface area contributed by atoms with Crippen molar-refractivity contribution < 1.29 is 4.52 Å². The topological polar surface area (TPSA) is 24.8 Å². The minimum Gasteiger partial charge on any atom is -0.357 e. The number of amidine groups is 1. The summed E-state index contributed by atoms with van der Waals surface area (Å²) in [6.45, 7) is 0.